The van der Waals surface area contributed by atoms with Crippen LogP contribution in [0.2, 0.25) is 0 Å². The van der Waals surface area contributed by atoms with E-state index in [1.165, 1.54) is 45.5 Å². The Labute approximate surface area is 125 Å². The number of hydrogen-bond donors (Lipinski definition) is 1. The second kappa shape index (κ2) is 5.16. The fourth-order valence-electron chi connectivity index (χ4n) is 5.18. The number of esters is 1. The van der Waals surface area contributed by atoms with Crippen molar-refractivity contribution in [2.45, 2.75) is 44.7 Å². The van der Waals surface area contributed by atoms with E-state index in [4.69, 9.17) is 9.15 Å². The third-order valence-electron chi connectivity index (χ3n) is 5.81. The minimum absolute atomic E-state index is 0.334. The summed E-state index contributed by atoms with van der Waals surface area (Å²) < 4.78 is 10.2. The predicted octanol–water partition coefficient (Wildman–Crippen LogP) is 2.98. The Morgan fingerprint density at radius 2 is 1.90 bits per heavy atom. The summed E-state index contributed by atoms with van der Waals surface area (Å²) in [5, 5.41) is 3.71. The molecule has 0 spiro atoms. The second-order valence-electron chi connectivity index (χ2n) is 7.13. The normalized spacial score (nSPS) is 36.9. The molecule has 4 saturated carbocycles. The van der Waals surface area contributed by atoms with E-state index in [1.807, 2.05) is 0 Å². The molecular weight excluding hydrogens is 266 g/mol. The van der Waals surface area contributed by atoms with Crippen LogP contribution in [0.25, 0.3) is 0 Å². The van der Waals surface area contributed by atoms with Gasteiger partial charge in [0, 0.05) is 6.04 Å². The average Bonchev–Trinajstić information content (AvgIpc) is 2.94. The number of hydrogen-bond acceptors (Lipinski definition) is 4. The first-order valence-electron chi connectivity index (χ1n) is 8.12. The lowest BCUT2D eigenvalue weighted by molar-refractivity contribution is -0.0147. The van der Waals surface area contributed by atoms with Crippen molar-refractivity contribution in [2.75, 3.05) is 7.11 Å². The first kappa shape index (κ1) is 13.4. The summed E-state index contributed by atoms with van der Waals surface area (Å²) in [7, 11) is 1.39. The molecule has 4 aliphatic rings. The van der Waals surface area contributed by atoms with Gasteiger partial charge in [0.1, 0.15) is 12.0 Å². The Bertz CT molecular complexity index is 508. The zero-order valence-electron chi connectivity index (χ0n) is 12.5. The van der Waals surface area contributed by atoms with E-state index in [-0.39, 0.29) is 5.97 Å². The summed E-state index contributed by atoms with van der Waals surface area (Å²) in [5.41, 5.74) is 0.499. The van der Waals surface area contributed by atoms with Gasteiger partial charge < -0.3 is 14.5 Å². The predicted molar refractivity (Wildman–Crippen MR) is 77.7 cm³/mol. The molecule has 0 aliphatic heterocycles. The SMILES string of the molecule is COC(=O)c1coc(CNC2C3CC4CC(C3)CC2C4)c1. The molecule has 0 radical (unpaired) electrons. The van der Waals surface area contributed by atoms with Gasteiger partial charge in [-0.3, -0.25) is 0 Å². The summed E-state index contributed by atoms with van der Waals surface area (Å²) in [6, 6.07) is 2.43. The molecule has 21 heavy (non-hydrogen) atoms. The van der Waals surface area contributed by atoms with Gasteiger partial charge in [-0.2, -0.15) is 0 Å². The third-order valence-corrected chi connectivity index (χ3v) is 5.81. The van der Waals surface area contributed by atoms with Gasteiger partial charge in [0.05, 0.1) is 19.2 Å². The van der Waals surface area contributed by atoms with Gasteiger partial charge in [0.25, 0.3) is 0 Å². The average molecular weight is 289 g/mol. The first-order valence-corrected chi connectivity index (χ1v) is 8.12. The fourth-order valence-corrected chi connectivity index (χ4v) is 5.18. The van der Waals surface area contributed by atoms with Gasteiger partial charge in [-0.15, -0.1) is 0 Å². The maximum absolute atomic E-state index is 11.4. The fraction of sp³-hybridized carbons (Fsp3) is 0.706. The van der Waals surface area contributed by atoms with Gasteiger partial charge in [0.15, 0.2) is 0 Å². The van der Waals surface area contributed by atoms with Crippen LogP contribution in [0.1, 0.15) is 48.2 Å². The van der Waals surface area contributed by atoms with E-state index < -0.39 is 0 Å². The minimum atomic E-state index is -0.334. The van der Waals surface area contributed by atoms with Crippen LogP contribution in [0.5, 0.6) is 0 Å². The summed E-state index contributed by atoms with van der Waals surface area (Å²) in [6.07, 6.45) is 8.62. The number of carbonyl (C=O) groups excluding carboxylic acids is 1. The molecule has 1 N–H and O–H groups in total. The van der Waals surface area contributed by atoms with Gasteiger partial charge in [-0.05, 0) is 61.8 Å². The van der Waals surface area contributed by atoms with Crippen LogP contribution in [-0.4, -0.2) is 19.1 Å². The highest BCUT2D eigenvalue weighted by atomic mass is 16.5. The van der Waals surface area contributed by atoms with Crippen molar-refractivity contribution in [3.63, 3.8) is 0 Å². The molecule has 0 unspecified atom stereocenters. The number of methoxy groups -OCH3 is 1. The van der Waals surface area contributed by atoms with E-state index in [2.05, 4.69) is 5.32 Å². The van der Waals surface area contributed by atoms with Crippen molar-refractivity contribution < 1.29 is 13.9 Å². The number of nitrogens with one attached hydrogen (secondary N) is 1. The lowest BCUT2D eigenvalue weighted by Crippen LogP contribution is -2.54. The van der Waals surface area contributed by atoms with Gasteiger partial charge >= 0.3 is 5.97 Å². The molecule has 5 rings (SSSR count). The largest absolute Gasteiger partial charge is 0.467 e. The Balaban J connectivity index is 1.38. The standard InChI is InChI=1S/C17H23NO3/c1-20-17(19)14-7-15(21-9-14)8-18-16-12-3-10-2-11(5-12)6-13(16)4-10/h7,9-13,16,18H,2-6,8H2,1H3. The van der Waals surface area contributed by atoms with E-state index in [9.17, 15) is 4.79 Å². The van der Waals surface area contributed by atoms with E-state index in [0.29, 0.717) is 18.2 Å². The van der Waals surface area contributed by atoms with E-state index >= 15 is 0 Å². The van der Waals surface area contributed by atoms with Gasteiger partial charge in [-0.1, -0.05) is 0 Å². The second-order valence-corrected chi connectivity index (χ2v) is 7.13. The van der Waals surface area contributed by atoms with Crippen LogP contribution in [0.3, 0.4) is 0 Å². The molecule has 1 aromatic heterocycles. The maximum atomic E-state index is 11.4. The number of ether oxygens (including phenoxy) is 1. The highest BCUT2D eigenvalue weighted by Crippen LogP contribution is 2.53. The zero-order valence-corrected chi connectivity index (χ0v) is 12.5. The molecule has 1 aromatic rings. The molecule has 4 fully saturated rings. The first-order chi connectivity index (χ1) is 10.2. The van der Waals surface area contributed by atoms with Crippen LogP contribution in [0.15, 0.2) is 16.7 Å². The van der Waals surface area contributed by atoms with Crippen LogP contribution in [-0.2, 0) is 11.3 Å². The van der Waals surface area contributed by atoms with Crippen molar-refractivity contribution in [3.05, 3.63) is 23.7 Å². The van der Waals surface area contributed by atoms with E-state index in [0.717, 1.165) is 29.4 Å². The van der Waals surface area contributed by atoms with Crippen molar-refractivity contribution in [1.29, 1.82) is 0 Å². The Kier molecular flexibility index (Phi) is 3.29. The monoisotopic (exact) mass is 289 g/mol. The Morgan fingerprint density at radius 3 is 2.52 bits per heavy atom. The maximum Gasteiger partial charge on any atom is 0.341 e. The van der Waals surface area contributed by atoms with Crippen LogP contribution >= 0.6 is 0 Å². The number of carbonyl (C=O) groups is 1. The van der Waals surface area contributed by atoms with E-state index in [1.54, 1.807) is 6.07 Å². The third kappa shape index (κ3) is 2.39. The van der Waals surface area contributed by atoms with Crippen molar-refractivity contribution in [1.82, 2.24) is 5.32 Å². The Morgan fingerprint density at radius 1 is 1.24 bits per heavy atom. The molecule has 0 amide bonds. The molecule has 114 valence electrons. The lowest BCUT2D eigenvalue weighted by atomic mass is 9.54. The highest BCUT2D eigenvalue weighted by molar-refractivity contribution is 5.88. The quantitative estimate of drug-likeness (QED) is 0.866. The molecule has 4 heteroatoms. The molecule has 4 nitrogen and oxygen atoms in total. The topological polar surface area (TPSA) is 51.5 Å². The lowest BCUT2D eigenvalue weighted by Gasteiger charge is -2.54. The summed E-state index contributed by atoms with van der Waals surface area (Å²) in [4.78, 5) is 11.4. The Hall–Kier alpha value is -1.29. The molecular formula is C17H23NO3. The van der Waals surface area contributed by atoms with Crippen molar-refractivity contribution >= 4 is 5.97 Å². The van der Waals surface area contributed by atoms with Crippen molar-refractivity contribution in [2.24, 2.45) is 23.7 Å². The summed E-state index contributed by atoms with van der Waals surface area (Å²) >= 11 is 0. The minimum Gasteiger partial charge on any atom is -0.467 e. The van der Waals surface area contributed by atoms with Crippen LogP contribution in [0.4, 0.5) is 0 Å². The number of rotatable bonds is 4. The van der Waals surface area contributed by atoms with Crippen LogP contribution in [0, 0.1) is 23.7 Å². The summed E-state index contributed by atoms with van der Waals surface area (Å²) in [6.45, 7) is 0.712. The van der Waals surface area contributed by atoms with Gasteiger partial charge in [0.2, 0.25) is 0 Å². The highest BCUT2D eigenvalue weighted by Gasteiger charge is 2.47. The summed E-state index contributed by atoms with van der Waals surface area (Å²) in [5.74, 6) is 4.21. The smallest absolute Gasteiger partial charge is 0.341 e. The molecule has 4 bridgehead atoms. The molecule has 4 aliphatic carbocycles. The molecule has 0 atom stereocenters. The molecule has 0 aromatic carbocycles. The molecule has 0 saturated heterocycles. The van der Waals surface area contributed by atoms with Gasteiger partial charge in [-0.25, -0.2) is 4.79 Å². The van der Waals surface area contributed by atoms with Crippen molar-refractivity contribution in [3.8, 4) is 0 Å². The number of furan rings is 1. The molecule has 1 heterocycles. The zero-order chi connectivity index (χ0) is 14.4. The van der Waals surface area contributed by atoms with Crippen LogP contribution < -0.4 is 5.32 Å².